The van der Waals surface area contributed by atoms with Crippen molar-refractivity contribution in [1.82, 2.24) is 9.55 Å². The molecule has 0 atom stereocenters. The third-order valence-electron chi connectivity index (χ3n) is 3.05. The molecule has 3 aromatic rings. The Morgan fingerprint density at radius 2 is 1.95 bits per heavy atom. The highest BCUT2D eigenvalue weighted by atomic mass is 127. The molecule has 0 saturated heterocycles. The monoisotopic (exact) mass is 482 g/mol. The van der Waals surface area contributed by atoms with E-state index < -0.39 is 5.82 Å². The SMILES string of the molecule is Fc1cc(-n2c(CCl)nc3cc(I)c(F)cc32)ccc1Br. The number of hydrogen-bond donors (Lipinski definition) is 0. The Kier molecular flexibility index (Phi) is 4.20. The van der Waals surface area contributed by atoms with E-state index in [1.54, 1.807) is 22.8 Å². The predicted octanol–water partition coefficient (Wildman–Crippen LogP) is 5.41. The first-order valence-corrected chi connectivity index (χ1v) is 8.29. The van der Waals surface area contributed by atoms with Crippen LogP contribution < -0.4 is 0 Å². The summed E-state index contributed by atoms with van der Waals surface area (Å²) < 4.78 is 30.1. The molecule has 0 aliphatic carbocycles. The second kappa shape index (κ2) is 5.81. The molecule has 0 N–H and O–H groups in total. The molecule has 0 amide bonds. The number of aromatic nitrogens is 2. The van der Waals surface area contributed by atoms with Crippen LogP contribution in [0.15, 0.2) is 34.8 Å². The Labute approximate surface area is 146 Å². The number of imidazole rings is 1. The van der Waals surface area contributed by atoms with Crippen LogP contribution in [-0.4, -0.2) is 9.55 Å². The van der Waals surface area contributed by atoms with Crippen LogP contribution in [0.5, 0.6) is 0 Å². The van der Waals surface area contributed by atoms with Gasteiger partial charge in [-0.15, -0.1) is 11.6 Å². The fraction of sp³-hybridized carbons (Fsp3) is 0.0714. The van der Waals surface area contributed by atoms with Gasteiger partial charge in [0, 0.05) is 6.07 Å². The summed E-state index contributed by atoms with van der Waals surface area (Å²) in [6, 6.07) is 7.71. The largest absolute Gasteiger partial charge is 0.295 e. The van der Waals surface area contributed by atoms with Crippen LogP contribution in [-0.2, 0) is 5.88 Å². The van der Waals surface area contributed by atoms with Gasteiger partial charge in [-0.2, -0.15) is 0 Å². The minimum atomic E-state index is -0.402. The highest BCUT2D eigenvalue weighted by molar-refractivity contribution is 14.1. The summed E-state index contributed by atoms with van der Waals surface area (Å²) in [5, 5.41) is 0. The van der Waals surface area contributed by atoms with E-state index in [2.05, 4.69) is 20.9 Å². The zero-order valence-corrected chi connectivity index (χ0v) is 14.9. The second-order valence-corrected chi connectivity index (χ2v) is 6.63. The maximum absolute atomic E-state index is 13.8. The van der Waals surface area contributed by atoms with Crippen molar-refractivity contribution in [2.24, 2.45) is 0 Å². The number of halogens is 5. The maximum Gasteiger partial charge on any atom is 0.139 e. The third kappa shape index (κ3) is 2.68. The van der Waals surface area contributed by atoms with Crippen molar-refractivity contribution in [2.45, 2.75) is 5.88 Å². The molecule has 2 nitrogen and oxygen atoms in total. The minimum absolute atomic E-state index is 0.143. The summed E-state index contributed by atoms with van der Waals surface area (Å²) >= 11 is 10.9. The van der Waals surface area contributed by atoms with Gasteiger partial charge in [-0.1, -0.05) is 0 Å². The fourth-order valence-electron chi connectivity index (χ4n) is 2.12. The molecule has 108 valence electrons. The second-order valence-electron chi connectivity index (χ2n) is 4.35. The van der Waals surface area contributed by atoms with Crippen LogP contribution in [0.3, 0.4) is 0 Å². The Morgan fingerprint density at radius 3 is 2.62 bits per heavy atom. The maximum atomic E-state index is 13.8. The Bertz CT molecular complexity index is 851. The number of benzene rings is 2. The van der Waals surface area contributed by atoms with E-state index in [0.29, 0.717) is 30.6 Å². The van der Waals surface area contributed by atoms with E-state index in [4.69, 9.17) is 11.6 Å². The first kappa shape index (κ1) is 15.2. The zero-order chi connectivity index (χ0) is 15.1. The molecular formula is C14H7BrClF2IN2. The molecule has 1 aromatic heterocycles. The molecule has 7 heteroatoms. The van der Waals surface area contributed by atoms with Gasteiger partial charge in [-0.3, -0.25) is 4.57 Å². The van der Waals surface area contributed by atoms with Gasteiger partial charge in [0.15, 0.2) is 0 Å². The van der Waals surface area contributed by atoms with E-state index in [9.17, 15) is 8.78 Å². The van der Waals surface area contributed by atoms with Gasteiger partial charge in [0.1, 0.15) is 17.5 Å². The molecule has 0 radical (unpaired) electrons. The molecule has 0 fully saturated rings. The Morgan fingerprint density at radius 1 is 1.19 bits per heavy atom. The molecular weight excluding hydrogens is 476 g/mol. The molecule has 2 aromatic carbocycles. The first-order chi connectivity index (χ1) is 10.0. The first-order valence-electron chi connectivity index (χ1n) is 5.89. The summed E-state index contributed by atoms with van der Waals surface area (Å²) in [5.74, 6) is -0.0662. The van der Waals surface area contributed by atoms with Crippen LogP contribution in [0.25, 0.3) is 16.7 Å². The topological polar surface area (TPSA) is 17.8 Å². The van der Waals surface area contributed by atoms with Gasteiger partial charge in [0.25, 0.3) is 0 Å². The molecule has 0 saturated carbocycles. The predicted molar refractivity (Wildman–Crippen MR) is 91.0 cm³/mol. The van der Waals surface area contributed by atoms with Crippen molar-refractivity contribution in [3.05, 3.63) is 55.8 Å². The summed E-state index contributed by atoms with van der Waals surface area (Å²) in [6.45, 7) is 0. The summed E-state index contributed by atoms with van der Waals surface area (Å²) in [4.78, 5) is 4.39. The van der Waals surface area contributed by atoms with Gasteiger partial charge < -0.3 is 0 Å². The van der Waals surface area contributed by atoms with Crippen molar-refractivity contribution in [1.29, 1.82) is 0 Å². The fourth-order valence-corrected chi connectivity index (χ4v) is 3.00. The standard InChI is InChI=1S/C14H7BrClF2IN2/c15-8-2-1-7(3-9(8)17)21-13-4-10(18)11(19)5-12(13)20-14(21)6-16/h1-5H,6H2. The quantitative estimate of drug-likeness (QED) is 0.352. The smallest absolute Gasteiger partial charge is 0.139 e. The van der Waals surface area contributed by atoms with Crippen molar-refractivity contribution in [2.75, 3.05) is 0 Å². The van der Waals surface area contributed by atoms with Gasteiger partial charge in [-0.05, 0) is 62.8 Å². The van der Waals surface area contributed by atoms with Crippen molar-refractivity contribution in [3.8, 4) is 5.69 Å². The van der Waals surface area contributed by atoms with Crippen LogP contribution in [0.4, 0.5) is 8.78 Å². The highest BCUT2D eigenvalue weighted by Crippen LogP contribution is 2.27. The van der Waals surface area contributed by atoms with E-state index in [1.807, 2.05) is 22.6 Å². The van der Waals surface area contributed by atoms with Gasteiger partial charge in [-0.25, -0.2) is 13.8 Å². The van der Waals surface area contributed by atoms with Crippen LogP contribution in [0.2, 0.25) is 0 Å². The average Bonchev–Trinajstić information content (AvgIpc) is 2.80. The van der Waals surface area contributed by atoms with Crippen molar-refractivity contribution < 1.29 is 8.78 Å². The van der Waals surface area contributed by atoms with Gasteiger partial charge >= 0.3 is 0 Å². The lowest BCUT2D eigenvalue weighted by Gasteiger charge is -2.09. The van der Waals surface area contributed by atoms with Crippen LogP contribution >= 0.6 is 50.1 Å². The zero-order valence-electron chi connectivity index (χ0n) is 10.4. The molecule has 1 heterocycles. The van der Waals surface area contributed by atoms with Crippen molar-refractivity contribution >= 4 is 61.2 Å². The van der Waals surface area contributed by atoms with E-state index in [-0.39, 0.29) is 11.7 Å². The molecule has 3 rings (SSSR count). The Hall–Kier alpha value is -0.730. The molecule has 0 unspecified atom stereocenters. The lowest BCUT2D eigenvalue weighted by atomic mass is 10.2. The molecule has 0 aliphatic heterocycles. The Balaban J connectivity index is 2.34. The van der Waals surface area contributed by atoms with Crippen LogP contribution in [0.1, 0.15) is 5.82 Å². The summed E-state index contributed by atoms with van der Waals surface area (Å²) in [5.41, 5.74) is 1.74. The normalized spacial score (nSPS) is 11.3. The molecule has 0 spiro atoms. The lowest BCUT2D eigenvalue weighted by Crippen LogP contribution is -2.00. The average molecular weight is 483 g/mol. The van der Waals surface area contributed by atoms with E-state index in [0.717, 1.165) is 0 Å². The molecule has 21 heavy (non-hydrogen) atoms. The highest BCUT2D eigenvalue weighted by Gasteiger charge is 2.15. The van der Waals surface area contributed by atoms with Gasteiger partial charge in [0.2, 0.25) is 0 Å². The van der Waals surface area contributed by atoms with E-state index >= 15 is 0 Å². The lowest BCUT2D eigenvalue weighted by molar-refractivity contribution is 0.619. The van der Waals surface area contributed by atoms with Crippen LogP contribution in [0, 0.1) is 15.2 Å². The summed E-state index contributed by atoms with van der Waals surface area (Å²) in [6.07, 6.45) is 0. The molecule has 0 bridgehead atoms. The number of rotatable bonds is 2. The van der Waals surface area contributed by atoms with E-state index in [1.165, 1.54) is 12.1 Å². The van der Waals surface area contributed by atoms with Gasteiger partial charge in [0.05, 0.1) is 30.6 Å². The summed E-state index contributed by atoms with van der Waals surface area (Å²) in [7, 11) is 0. The minimum Gasteiger partial charge on any atom is -0.295 e. The third-order valence-corrected chi connectivity index (χ3v) is 4.76. The molecule has 0 aliphatic rings. The number of fused-ring (bicyclic) bond motifs is 1. The van der Waals surface area contributed by atoms with Crippen molar-refractivity contribution in [3.63, 3.8) is 0 Å². The number of hydrogen-bond acceptors (Lipinski definition) is 1. The number of nitrogens with zero attached hydrogens (tertiary/aromatic N) is 2. The number of alkyl halides is 1.